The first-order valence-corrected chi connectivity index (χ1v) is 8.88. The zero-order valence-corrected chi connectivity index (χ0v) is 15.6. The van der Waals surface area contributed by atoms with Gasteiger partial charge in [0.05, 0.1) is 30.4 Å². The van der Waals surface area contributed by atoms with Gasteiger partial charge in [0.15, 0.2) is 0 Å². The molecular formula is C22H21N3O3. The second-order valence-electron chi connectivity index (χ2n) is 6.34. The molecule has 0 aliphatic carbocycles. The number of nitrogens with zero attached hydrogens (tertiary/aromatic N) is 2. The molecule has 2 aromatic rings. The Labute approximate surface area is 164 Å². The van der Waals surface area contributed by atoms with E-state index in [2.05, 4.69) is 22.2 Å². The van der Waals surface area contributed by atoms with E-state index in [4.69, 9.17) is 10.5 Å². The minimum Gasteiger partial charge on any atom is -0.468 e. The number of amides is 1. The fourth-order valence-corrected chi connectivity index (χ4v) is 2.87. The Morgan fingerprint density at radius 3 is 2.43 bits per heavy atom. The van der Waals surface area contributed by atoms with Crippen molar-refractivity contribution in [1.29, 1.82) is 10.5 Å². The van der Waals surface area contributed by atoms with Gasteiger partial charge in [0, 0.05) is 6.42 Å². The number of rotatable bonds is 8. The third-order valence-corrected chi connectivity index (χ3v) is 4.44. The molecule has 0 aliphatic rings. The van der Waals surface area contributed by atoms with Gasteiger partial charge in [0.25, 0.3) is 0 Å². The SMILES string of the molecule is COC(=O)CNC(=O)CC(CCc1ccc(C#N)cc1)c1cccc(C#N)c1. The molecule has 0 spiro atoms. The number of nitrogens with one attached hydrogen (secondary N) is 1. The number of benzene rings is 2. The minimum absolute atomic E-state index is 0.110. The van der Waals surface area contributed by atoms with Crippen LogP contribution in [0.25, 0.3) is 0 Å². The fraction of sp³-hybridized carbons (Fsp3) is 0.273. The normalized spacial score (nSPS) is 11.0. The van der Waals surface area contributed by atoms with Crippen LogP contribution in [-0.4, -0.2) is 25.5 Å². The molecule has 28 heavy (non-hydrogen) atoms. The Bertz CT molecular complexity index is 908. The van der Waals surface area contributed by atoms with Crippen molar-refractivity contribution < 1.29 is 14.3 Å². The lowest BCUT2D eigenvalue weighted by molar-refractivity contribution is -0.141. The molecule has 1 unspecified atom stereocenters. The molecule has 142 valence electrons. The summed E-state index contributed by atoms with van der Waals surface area (Å²) in [6.07, 6.45) is 1.60. The van der Waals surface area contributed by atoms with Crippen molar-refractivity contribution in [2.24, 2.45) is 0 Å². The van der Waals surface area contributed by atoms with Crippen LogP contribution in [0.1, 0.15) is 41.0 Å². The van der Waals surface area contributed by atoms with E-state index in [1.54, 1.807) is 30.3 Å². The van der Waals surface area contributed by atoms with E-state index in [0.29, 0.717) is 17.5 Å². The number of hydrogen-bond donors (Lipinski definition) is 1. The zero-order valence-electron chi connectivity index (χ0n) is 15.6. The molecule has 0 aliphatic heterocycles. The summed E-state index contributed by atoms with van der Waals surface area (Å²) < 4.78 is 4.53. The van der Waals surface area contributed by atoms with Gasteiger partial charge in [-0.1, -0.05) is 24.3 Å². The molecule has 0 bridgehead atoms. The van der Waals surface area contributed by atoms with Crippen LogP contribution in [0, 0.1) is 22.7 Å². The molecule has 0 aromatic heterocycles. The highest BCUT2D eigenvalue weighted by molar-refractivity contribution is 5.82. The van der Waals surface area contributed by atoms with Crippen LogP contribution in [0.4, 0.5) is 0 Å². The second-order valence-corrected chi connectivity index (χ2v) is 6.34. The highest BCUT2D eigenvalue weighted by Gasteiger charge is 2.17. The van der Waals surface area contributed by atoms with E-state index in [-0.39, 0.29) is 24.8 Å². The lowest BCUT2D eigenvalue weighted by atomic mass is 9.88. The van der Waals surface area contributed by atoms with E-state index in [1.165, 1.54) is 7.11 Å². The van der Waals surface area contributed by atoms with Gasteiger partial charge in [-0.3, -0.25) is 9.59 Å². The molecular weight excluding hydrogens is 354 g/mol. The average Bonchev–Trinajstić information content (AvgIpc) is 2.75. The molecule has 1 atom stereocenters. The zero-order chi connectivity index (χ0) is 20.4. The maximum atomic E-state index is 12.3. The van der Waals surface area contributed by atoms with Gasteiger partial charge in [-0.15, -0.1) is 0 Å². The first kappa shape index (κ1) is 20.7. The summed E-state index contributed by atoms with van der Waals surface area (Å²) in [5.41, 5.74) is 3.11. The topological polar surface area (TPSA) is 103 Å². The maximum Gasteiger partial charge on any atom is 0.325 e. The molecule has 6 nitrogen and oxygen atoms in total. The van der Waals surface area contributed by atoms with Gasteiger partial charge in [-0.2, -0.15) is 10.5 Å². The number of esters is 1. The van der Waals surface area contributed by atoms with Crippen molar-refractivity contribution in [2.75, 3.05) is 13.7 Å². The number of carbonyl (C=O) groups excluding carboxylic acids is 2. The summed E-state index contributed by atoms with van der Waals surface area (Å²) in [5, 5.41) is 20.6. The van der Waals surface area contributed by atoms with E-state index in [0.717, 1.165) is 17.5 Å². The average molecular weight is 375 g/mol. The van der Waals surface area contributed by atoms with Crippen LogP contribution in [0.5, 0.6) is 0 Å². The predicted octanol–water partition coefficient (Wildman–Crippen LogP) is 2.83. The van der Waals surface area contributed by atoms with Gasteiger partial charge >= 0.3 is 5.97 Å². The Kier molecular flexibility index (Phi) is 7.75. The van der Waals surface area contributed by atoms with Crippen LogP contribution in [-0.2, 0) is 20.7 Å². The minimum atomic E-state index is -0.506. The van der Waals surface area contributed by atoms with Crippen molar-refractivity contribution in [3.05, 3.63) is 70.8 Å². The van der Waals surface area contributed by atoms with Gasteiger partial charge in [0.2, 0.25) is 5.91 Å². The Balaban J connectivity index is 2.10. The van der Waals surface area contributed by atoms with Gasteiger partial charge in [-0.05, 0) is 54.2 Å². The predicted molar refractivity (Wildman–Crippen MR) is 103 cm³/mol. The highest BCUT2D eigenvalue weighted by Crippen LogP contribution is 2.26. The Hall–Kier alpha value is -3.64. The molecule has 1 amide bonds. The standard InChI is InChI=1S/C22H21N3O3/c1-28-22(27)15-25-21(26)12-20(19-4-2-3-18(11-19)14-24)10-9-16-5-7-17(13-23)8-6-16/h2-8,11,20H,9-10,12,15H2,1H3,(H,25,26). The van der Waals surface area contributed by atoms with Crippen LogP contribution in [0.15, 0.2) is 48.5 Å². The van der Waals surface area contributed by atoms with Crippen LogP contribution in [0.3, 0.4) is 0 Å². The quantitative estimate of drug-likeness (QED) is 0.715. The third-order valence-electron chi connectivity index (χ3n) is 4.44. The lowest BCUT2D eigenvalue weighted by Gasteiger charge is -2.17. The van der Waals surface area contributed by atoms with Crippen LogP contribution >= 0.6 is 0 Å². The molecule has 0 saturated heterocycles. The first-order valence-electron chi connectivity index (χ1n) is 8.88. The highest BCUT2D eigenvalue weighted by atomic mass is 16.5. The summed E-state index contributed by atoms with van der Waals surface area (Å²) in [6.45, 7) is -0.171. The molecule has 0 fully saturated rings. The number of carbonyl (C=O) groups is 2. The smallest absolute Gasteiger partial charge is 0.325 e. The molecule has 0 radical (unpaired) electrons. The van der Waals surface area contributed by atoms with Crippen molar-refractivity contribution >= 4 is 11.9 Å². The summed E-state index contributed by atoms with van der Waals surface area (Å²) in [4.78, 5) is 23.5. The van der Waals surface area contributed by atoms with Crippen molar-refractivity contribution in [2.45, 2.75) is 25.2 Å². The van der Waals surface area contributed by atoms with Crippen molar-refractivity contribution in [1.82, 2.24) is 5.32 Å². The third kappa shape index (κ3) is 6.26. The van der Waals surface area contributed by atoms with E-state index < -0.39 is 5.97 Å². The number of methoxy groups -OCH3 is 1. The second kappa shape index (κ2) is 10.5. The van der Waals surface area contributed by atoms with Crippen LogP contribution < -0.4 is 5.32 Å². The van der Waals surface area contributed by atoms with Crippen molar-refractivity contribution in [3.8, 4) is 12.1 Å². The van der Waals surface area contributed by atoms with Crippen molar-refractivity contribution in [3.63, 3.8) is 0 Å². The summed E-state index contributed by atoms with van der Waals surface area (Å²) in [5.74, 6) is -0.867. The van der Waals surface area contributed by atoms with Crippen LogP contribution in [0.2, 0.25) is 0 Å². The number of aryl methyl sites for hydroxylation is 1. The molecule has 2 aromatic carbocycles. The summed E-state index contributed by atoms with van der Waals surface area (Å²) >= 11 is 0. The van der Waals surface area contributed by atoms with E-state index >= 15 is 0 Å². The summed E-state index contributed by atoms with van der Waals surface area (Å²) in [7, 11) is 1.27. The molecule has 6 heteroatoms. The molecule has 0 saturated carbocycles. The largest absolute Gasteiger partial charge is 0.468 e. The number of ether oxygens (including phenoxy) is 1. The Morgan fingerprint density at radius 1 is 1.07 bits per heavy atom. The number of nitriles is 2. The first-order chi connectivity index (χ1) is 13.5. The fourth-order valence-electron chi connectivity index (χ4n) is 2.87. The Morgan fingerprint density at radius 2 is 1.79 bits per heavy atom. The summed E-state index contributed by atoms with van der Waals surface area (Å²) in [6, 6.07) is 18.8. The van der Waals surface area contributed by atoms with Gasteiger partial charge < -0.3 is 10.1 Å². The monoisotopic (exact) mass is 375 g/mol. The lowest BCUT2D eigenvalue weighted by Crippen LogP contribution is -2.31. The molecule has 2 rings (SSSR count). The maximum absolute atomic E-state index is 12.3. The van der Waals surface area contributed by atoms with E-state index in [1.807, 2.05) is 18.2 Å². The van der Waals surface area contributed by atoms with Gasteiger partial charge in [0.1, 0.15) is 6.54 Å². The van der Waals surface area contributed by atoms with Gasteiger partial charge in [-0.25, -0.2) is 0 Å². The molecule has 1 N–H and O–H groups in total. The van der Waals surface area contributed by atoms with E-state index in [9.17, 15) is 9.59 Å². The molecule has 0 heterocycles. The number of hydrogen-bond acceptors (Lipinski definition) is 5.